The molecule has 1 aliphatic carbocycles. The van der Waals surface area contributed by atoms with E-state index < -0.39 is 4.92 Å². The molecule has 0 saturated heterocycles. The lowest BCUT2D eigenvalue weighted by atomic mass is 9.81. The molecule has 1 aromatic carbocycles. The quantitative estimate of drug-likeness (QED) is 0.487. The van der Waals surface area contributed by atoms with Crippen molar-refractivity contribution < 1.29 is 4.92 Å². The minimum Gasteiger partial charge on any atom is -0.398 e. The number of hydrogen-bond acceptors (Lipinski definition) is 4. The van der Waals surface area contributed by atoms with Crippen LogP contribution in [0.3, 0.4) is 0 Å². The molecule has 5 nitrogen and oxygen atoms in total. The Hall–Kier alpha value is -1.78. The average molecular weight is 277 g/mol. The monoisotopic (exact) mass is 277 g/mol. The summed E-state index contributed by atoms with van der Waals surface area (Å²) in [7, 11) is 0. The van der Waals surface area contributed by atoms with Gasteiger partial charge in [-0.2, -0.15) is 0 Å². The highest BCUT2D eigenvalue weighted by atomic mass is 16.6. The number of nitrogens with one attached hydrogen (secondary N) is 1. The lowest BCUT2D eigenvalue weighted by molar-refractivity contribution is -0.384. The van der Waals surface area contributed by atoms with Crippen LogP contribution in [0.1, 0.15) is 39.0 Å². The van der Waals surface area contributed by atoms with Gasteiger partial charge in [-0.05, 0) is 30.7 Å². The first kappa shape index (κ1) is 14.6. The predicted octanol–water partition coefficient (Wildman–Crippen LogP) is 3.81. The molecule has 1 fully saturated rings. The molecule has 110 valence electrons. The van der Waals surface area contributed by atoms with Crippen molar-refractivity contribution >= 4 is 17.1 Å². The molecular weight excluding hydrogens is 254 g/mol. The summed E-state index contributed by atoms with van der Waals surface area (Å²) >= 11 is 0. The van der Waals surface area contributed by atoms with Gasteiger partial charge >= 0.3 is 0 Å². The van der Waals surface area contributed by atoms with E-state index in [9.17, 15) is 10.1 Å². The summed E-state index contributed by atoms with van der Waals surface area (Å²) in [6.45, 7) is 3.17. The molecule has 1 aliphatic rings. The first-order valence-corrected chi connectivity index (χ1v) is 7.33. The molecule has 5 heteroatoms. The van der Waals surface area contributed by atoms with Gasteiger partial charge in [0.1, 0.15) is 0 Å². The van der Waals surface area contributed by atoms with Crippen LogP contribution < -0.4 is 11.1 Å². The van der Waals surface area contributed by atoms with Crippen LogP contribution >= 0.6 is 0 Å². The Labute approximate surface area is 119 Å². The van der Waals surface area contributed by atoms with Gasteiger partial charge in [0.15, 0.2) is 0 Å². The third kappa shape index (κ3) is 4.11. The molecule has 0 spiro atoms. The number of nitrogen functional groups attached to an aromatic ring is 1. The van der Waals surface area contributed by atoms with Crippen molar-refractivity contribution in [1.29, 1.82) is 0 Å². The summed E-state index contributed by atoms with van der Waals surface area (Å²) in [5.41, 5.74) is 6.89. The number of rotatable bonds is 5. The van der Waals surface area contributed by atoms with E-state index in [1.807, 2.05) is 0 Å². The van der Waals surface area contributed by atoms with E-state index in [0.29, 0.717) is 5.69 Å². The van der Waals surface area contributed by atoms with E-state index in [-0.39, 0.29) is 5.69 Å². The maximum Gasteiger partial charge on any atom is 0.273 e. The van der Waals surface area contributed by atoms with Crippen LogP contribution in [0.25, 0.3) is 0 Å². The molecule has 20 heavy (non-hydrogen) atoms. The van der Waals surface area contributed by atoms with Crippen molar-refractivity contribution in [2.45, 2.75) is 39.0 Å². The number of nitrogens with two attached hydrogens (primary N) is 1. The molecule has 0 aromatic heterocycles. The maximum absolute atomic E-state index is 10.8. The molecular formula is C15H23N3O2. The highest BCUT2D eigenvalue weighted by Gasteiger charge is 2.18. The summed E-state index contributed by atoms with van der Waals surface area (Å²) in [5.74, 6) is 1.62. The summed E-state index contributed by atoms with van der Waals surface area (Å²) < 4.78 is 0. The van der Waals surface area contributed by atoms with Crippen LogP contribution in [-0.4, -0.2) is 11.5 Å². The second-order valence-corrected chi connectivity index (χ2v) is 5.92. The molecule has 2 unspecified atom stereocenters. The van der Waals surface area contributed by atoms with Gasteiger partial charge in [0.25, 0.3) is 5.69 Å². The molecule has 2 rings (SSSR count). The first-order chi connectivity index (χ1) is 9.54. The van der Waals surface area contributed by atoms with Crippen LogP contribution in [0.2, 0.25) is 0 Å². The molecule has 1 saturated carbocycles. The molecule has 0 amide bonds. The summed E-state index contributed by atoms with van der Waals surface area (Å²) in [6, 6.07) is 4.67. The molecule has 2 atom stereocenters. The van der Waals surface area contributed by atoms with E-state index in [1.165, 1.54) is 31.7 Å². The Kier molecular flexibility index (Phi) is 4.82. The Balaban J connectivity index is 1.86. The van der Waals surface area contributed by atoms with Crippen LogP contribution in [0.5, 0.6) is 0 Å². The smallest absolute Gasteiger partial charge is 0.273 e. The van der Waals surface area contributed by atoms with Crippen molar-refractivity contribution in [1.82, 2.24) is 0 Å². The van der Waals surface area contributed by atoms with Crippen LogP contribution in [0.4, 0.5) is 17.1 Å². The Bertz CT molecular complexity index is 476. The van der Waals surface area contributed by atoms with Gasteiger partial charge in [0.2, 0.25) is 0 Å². The molecule has 0 bridgehead atoms. The Morgan fingerprint density at radius 2 is 2.20 bits per heavy atom. The Morgan fingerprint density at radius 1 is 1.40 bits per heavy atom. The van der Waals surface area contributed by atoms with E-state index in [2.05, 4.69) is 12.2 Å². The van der Waals surface area contributed by atoms with E-state index in [1.54, 1.807) is 12.1 Å². The third-order valence-corrected chi connectivity index (χ3v) is 4.08. The zero-order valence-electron chi connectivity index (χ0n) is 12.0. The fraction of sp³-hybridized carbons (Fsp3) is 0.600. The Morgan fingerprint density at radius 3 is 2.90 bits per heavy atom. The zero-order valence-corrected chi connectivity index (χ0v) is 12.0. The SMILES string of the molecule is CC1CCCC(CCNc2cc(N)cc([N+](=O)[O-])c2)C1. The van der Waals surface area contributed by atoms with Crippen LogP contribution in [0, 0.1) is 22.0 Å². The zero-order chi connectivity index (χ0) is 14.5. The molecule has 0 heterocycles. The second kappa shape index (κ2) is 6.59. The van der Waals surface area contributed by atoms with Gasteiger partial charge in [-0.3, -0.25) is 10.1 Å². The average Bonchev–Trinajstić information content (AvgIpc) is 2.38. The van der Waals surface area contributed by atoms with Gasteiger partial charge in [0.05, 0.1) is 4.92 Å². The number of nitro benzene ring substituents is 1. The highest BCUT2D eigenvalue weighted by molar-refractivity contribution is 5.61. The van der Waals surface area contributed by atoms with Crippen LogP contribution in [-0.2, 0) is 0 Å². The second-order valence-electron chi connectivity index (χ2n) is 5.92. The lowest BCUT2D eigenvalue weighted by Gasteiger charge is -2.26. The first-order valence-electron chi connectivity index (χ1n) is 7.33. The van der Waals surface area contributed by atoms with E-state index in [4.69, 9.17) is 5.73 Å². The van der Waals surface area contributed by atoms with Gasteiger partial charge in [0, 0.05) is 30.1 Å². The normalized spacial score (nSPS) is 22.4. The van der Waals surface area contributed by atoms with Gasteiger partial charge in [-0.15, -0.1) is 0 Å². The number of nitrogens with zero attached hydrogens (tertiary/aromatic N) is 1. The standard InChI is InChI=1S/C15H23N3O2/c1-11-3-2-4-12(7-11)5-6-17-14-8-13(16)9-15(10-14)18(19)20/h8-12,17H,2-7,16H2,1H3. The van der Waals surface area contributed by atoms with Crippen molar-refractivity contribution in [2.24, 2.45) is 11.8 Å². The van der Waals surface area contributed by atoms with E-state index >= 15 is 0 Å². The van der Waals surface area contributed by atoms with Crippen molar-refractivity contribution in [3.63, 3.8) is 0 Å². The minimum atomic E-state index is -0.412. The molecule has 0 radical (unpaired) electrons. The number of anilines is 2. The number of nitro groups is 1. The van der Waals surface area contributed by atoms with Crippen molar-refractivity contribution in [2.75, 3.05) is 17.6 Å². The number of benzene rings is 1. The fourth-order valence-electron chi connectivity index (χ4n) is 3.08. The van der Waals surface area contributed by atoms with Crippen molar-refractivity contribution in [3.8, 4) is 0 Å². The van der Waals surface area contributed by atoms with Gasteiger partial charge in [-0.1, -0.05) is 26.2 Å². The summed E-state index contributed by atoms with van der Waals surface area (Å²) in [5, 5.41) is 14.0. The lowest BCUT2D eigenvalue weighted by Crippen LogP contribution is -2.16. The van der Waals surface area contributed by atoms with Gasteiger partial charge in [-0.25, -0.2) is 0 Å². The largest absolute Gasteiger partial charge is 0.398 e. The van der Waals surface area contributed by atoms with Gasteiger partial charge < -0.3 is 11.1 Å². The number of non-ortho nitro benzene ring substituents is 1. The summed E-state index contributed by atoms with van der Waals surface area (Å²) in [4.78, 5) is 10.4. The summed E-state index contributed by atoms with van der Waals surface area (Å²) in [6.07, 6.45) is 6.41. The maximum atomic E-state index is 10.8. The topological polar surface area (TPSA) is 81.2 Å². The molecule has 3 N–H and O–H groups in total. The third-order valence-electron chi connectivity index (χ3n) is 4.08. The van der Waals surface area contributed by atoms with E-state index in [0.717, 1.165) is 30.5 Å². The fourth-order valence-corrected chi connectivity index (χ4v) is 3.08. The highest BCUT2D eigenvalue weighted by Crippen LogP contribution is 2.30. The minimum absolute atomic E-state index is 0.0405. The number of hydrogen-bond donors (Lipinski definition) is 2. The van der Waals surface area contributed by atoms with Crippen LogP contribution in [0.15, 0.2) is 18.2 Å². The van der Waals surface area contributed by atoms with Crippen molar-refractivity contribution in [3.05, 3.63) is 28.3 Å². The predicted molar refractivity (Wildman–Crippen MR) is 81.7 cm³/mol. The molecule has 1 aromatic rings. The molecule has 0 aliphatic heterocycles.